The summed E-state index contributed by atoms with van der Waals surface area (Å²) in [5.41, 5.74) is 0. The van der Waals surface area contributed by atoms with Crippen LogP contribution in [0.5, 0.6) is 0 Å². The zero-order valence-electron chi connectivity index (χ0n) is 12.5. The number of nitrogens with one attached hydrogen (secondary N) is 1. The van der Waals surface area contributed by atoms with Crippen LogP contribution in [-0.2, 0) is 11.3 Å². The number of rotatable bonds is 9. The summed E-state index contributed by atoms with van der Waals surface area (Å²) in [5.74, 6) is 1.77. The topological polar surface area (TPSA) is 97.9 Å². The van der Waals surface area contributed by atoms with Crippen molar-refractivity contribution in [3.63, 3.8) is 0 Å². The molecule has 1 N–H and O–H groups in total. The van der Waals surface area contributed by atoms with Crippen LogP contribution in [-0.4, -0.2) is 36.2 Å². The van der Waals surface area contributed by atoms with E-state index in [1.807, 2.05) is 19.1 Å². The Labute approximate surface area is 125 Å². The molecule has 1 aromatic heterocycles. The lowest BCUT2D eigenvalue weighted by Crippen LogP contribution is -2.25. The molecule has 7 heteroatoms. The molecular formula is C14H20N6O. The highest BCUT2D eigenvalue weighted by Gasteiger charge is 2.11. The van der Waals surface area contributed by atoms with Crippen molar-refractivity contribution in [2.24, 2.45) is 0 Å². The summed E-state index contributed by atoms with van der Waals surface area (Å²) < 4.78 is 5.33. The van der Waals surface area contributed by atoms with Crippen LogP contribution in [0.4, 0.5) is 11.6 Å². The molecule has 0 saturated carbocycles. The second kappa shape index (κ2) is 9.51. The Morgan fingerprint density at radius 3 is 2.52 bits per heavy atom. The van der Waals surface area contributed by atoms with Gasteiger partial charge < -0.3 is 15.0 Å². The van der Waals surface area contributed by atoms with E-state index >= 15 is 0 Å². The van der Waals surface area contributed by atoms with Crippen LogP contribution in [0.15, 0.2) is 6.07 Å². The predicted molar refractivity (Wildman–Crippen MR) is 79.6 cm³/mol. The average Bonchev–Trinajstić information content (AvgIpc) is 2.50. The molecule has 7 nitrogen and oxygen atoms in total. The smallest absolute Gasteiger partial charge is 0.158 e. The molecule has 0 bridgehead atoms. The highest BCUT2D eigenvalue weighted by Crippen LogP contribution is 2.16. The fourth-order valence-corrected chi connectivity index (χ4v) is 1.64. The molecule has 0 unspecified atom stereocenters. The van der Waals surface area contributed by atoms with Crippen LogP contribution in [0.1, 0.15) is 26.1 Å². The maximum atomic E-state index is 8.86. The lowest BCUT2D eigenvalue weighted by Gasteiger charge is -2.18. The molecule has 1 heterocycles. The van der Waals surface area contributed by atoms with Gasteiger partial charge in [-0.3, -0.25) is 0 Å². The molecule has 0 aromatic carbocycles. The summed E-state index contributed by atoms with van der Waals surface area (Å²) in [6.07, 6.45) is 0.972. The van der Waals surface area contributed by atoms with Gasteiger partial charge in [-0.15, -0.1) is 0 Å². The van der Waals surface area contributed by atoms with Crippen molar-refractivity contribution in [1.82, 2.24) is 9.97 Å². The fourth-order valence-electron chi connectivity index (χ4n) is 1.64. The molecule has 0 aliphatic rings. The van der Waals surface area contributed by atoms with Crippen LogP contribution < -0.4 is 10.2 Å². The Bertz CT molecular complexity index is 477. The number of hydrogen-bond donors (Lipinski definition) is 1. The second-order valence-corrected chi connectivity index (χ2v) is 4.26. The van der Waals surface area contributed by atoms with Gasteiger partial charge in [-0.2, -0.15) is 10.5 Å². The first kappa shape index (κ1) is 16.7. The number of ether oxygens (including phenoxy) is 1. The molecule has 21 heavy (non-hydrogen) atoms. The standard InChI is InChI=1S/C14H20N6O/c1-3-7-17-12-10-14(20(8-5-15)9-6-16)19-13(18-12)11-21-4-2/h10H,3-4,7-9,11H2,1-2H3,(H,17,18,19). The van der Waals surface area contributed by atoms with E-state index in [0.29, 0.717) is 30.7 Å². The maximum Gasteiger partial charge on any atom is 0.158 e. The lowest BCUT2D eigenvalue weighted by atomic mass is 10.4. The summed E-state index contributed by atoms with van der Waals surface area (Å²) in [6.45, 7) is 5.84. The zero-order chi connectivity index (χ0) is 15.5. The average molecular weight is 288 g/mol. The maximum absolute atomic E-state index is 8.86. The Balaban J connectivity index is 3.03. The molecule has 1 rings (SSSR count). The van der Waals surface area contributed by atoms with Crippen molar-refractivity contribution >= 4 is 11.6 Å². The van der Waals surface area contributed by atoms with E-state index < -0.39 is 0 Å². The van der Waals surface area contributed by atoms with Crippen LogP contribution in [0.2, 0.25) is 0 Å². The third-order valence-corrected chi connectivity index (χ3v) is 2.60. The number of anilines is 2. The summed E-state index contributed by atoms with van der Waals surface area (Å²) in [7, 11) is 0. The summed E-state index contributed by atoms with van der Waals surface area (Å²) in [5, 5.41) is 20.9. The van der Waals surface area contributed by atoms with Crippen LogP contribution in [0.3, 0.4) is 0 Å². The van der Waals surface area contributed by atoms with Gasteiger partial charge in [0.15, 0.2) is 5.82 Å². The van der Waals surface area contributed by atoms with Gasteiger partial charge in [0.05, 0.1) is 12.1 Å². The van der Waals surface area contributed by atoms with Gasteiger partial charge in [0.1, 0.15) is 31.3 Å². The van der Waals surface area contributed by atoms with Gasteiger partial charge in [0, 0.05) is 19.2 Å². The molecule has 0 aliphatic heterocycles. The fraction of sp³-hybridized carbons (Fsp3) is 0.571. The molecule has 0 atom stereocenters. The first-order valence-corrected chi connectivity index (χ1v) is 6.93. The SMILES string of the molecule is CCCNc1cc(N(CC#N)CC#N)nc(COCC)n1. The third kappa shape index (κ3) is 5.64. The molecular weight excluding hydrogens is 268 g/mol. The van der Waals surface area contributed by atoms with E-state index in [0.717, 1.165) is 13.0 Å². The Kier molecular flexibility index (Phi) is 7.55. The van der Waals surface area contributed by atoms with Crippen molar-refractivity contribution in [1.29, 1.82) is 10.5 Å². The normalized spacial score (nSPS) is 9.71. The van der Waals surface area contributed by atoms with E-state index in [1.165, 1.54) is 0 Å². The van der Waals surface area contributed by atoms with E-state index in [2.05, 4.69) is 22.2 Å². The van der Waals surface area contributed by atoms with Crippen LogP contribution in [0.25, 0.3) is 0 Å². The van der Waals surface area contributed by atoms with Crippen molar-refractivity contribution < 1.29 is 4.74 Å². The zero-order valence-corrected chi connectivity index (χ0v) is 12.5. The van der Waals surface area contributed by atoms with E-state index in [-0.39, 0.29) is 13.1 Å². The molecule has 1 aromatic rings. The van der Waals surface area contributed by atoms with Crippen LogP contribution in [0, 0.1) is 22.7 Å². The van der Waals surface area contributed by atoms with Gasteiger partial charge in [-0.1, -0.05) is 6.92 Å². The minimum Gasteiger partial charge on any atom is -0.374 e. The monoisotopic (exact) mass is 288 g/mol. The first-order valence-electron chi connectivity index (χ1n) is 6.93. The largest absolute Gasteiger partial charge is 0.374 e. The van der Waals surface area contributed by atoms with Gasteiger partial charge in [-0.25, -0.2) is 9.97 Å². The summed E-state index contributed by atoms with van der Waals surface area (Å²) in [4.78, 5) is 10.3. The van der Waals surface area contributed by atoms with Gasteiger partial charge in [0.25, 0.3) is 0 Å². The highest BCUT2D eigenvalue weighted by molar-refractivity contribution is 5.50. The van der Waals surface area contributed by atoms with E-state index in [9.17, 15) is 0 Å². The number of nitrogens with zero attached hydrogens (tertiary/aromatic N) is 5. The van der Waals surface area contributed by atoms with Gasteiger partial charge in [-0.05, 0) is 13.3 Å². The van der Waals surface area contributed by atoms with Gasteiger partial charge >= 0.3 is 0 Å². The molecule has 0 fully saturated rings. The Morgan fingerprint density at radius 1 is 1.24 bits per heavy atom. The van der Waals surface area contributed by atoms with Crippen molar-refractivity contribution in [2.45, 2.75) is 26.9 Å². The predicted octanol–water partition coefficient (Wildman–Crippen LogP) is 1.69. The lowest BCUT2D eigenvalue weighted by molar-refractivity contribution is 0.128. The quantitative estimate of drug-likeness (QED) is 0.690. The Morgan fingerprint density at radius 2 is 1.95 bits per heavy atom. The number of hydrogen-bond acceptors (Lipinski definition) is 7. The van der Waals surface area contributed by atoms with Crippen molar-refractivity contribution in [3.05, 3.63) is 11.9 Å². The number of nitriles is 2. The van der Waals surface area contributed by atoms with Crippen molar-refractivity contribution in [3.8, 4) is 12.1 Å². The highest BCUT2D eigenvalue weighted by atomic mass is 16.5. The van der Waals surface area contributed by atoms with Gasteiger partial charge in [0.2, 0.25) is 0 Å². The molecule has 0 radical (unpaired) electrons. The summed E-state index contributed by atoms with van der Waals surface area (Å²) >= 11 is 0. The van der Waals surface area contributed by atoms with Crippen LogP contribution >= 0.6 is 0 Å². The van der Waals surface area contributed by atoms with E-state index in [4.69, 9.17) is 15.3 Å². The number of aromatic nitrogens is 2. The molecule has 112 valence electrons. The molecule has 0 saturated heterocycles. The molecule has 0 amide bonds. The third-order valence-electron chi connectivity index (χ3n) is 2.60. The first-order chi connectivity index (χ1) is 10.2. The summed E-state index contributed by atoms with van der Waals surface area (Å²) in [6, 6.07) is 5.83. The van der Waals surface area contributed by atoms with E-state index in [1.54, 1.807) is 11.0 Å². The van der Waals surface area contributed by atoms with Crippen molar-refractivity contribution in [2.75, 3.05) is 36.5 Å². The minimum atomic E-state index is 0.103. The molecule has 0 aliphatic carbocycles. The molecule has 0 spiro atoms. The second-order valence-electron chi connectivity index (χ2n) is 4.26. The Hall–Kier alpha value is -2.38. The minimum absolute atomic E-state index is 0.103.